The number of halogens is 3. The van der Waals surface area contributed by atoms with Crippen LogP contribution in [-0.4, -0.2) is 19.7 Å². The van der Waals surface area contributed by atoms with Crippen LogP contribution in [0.25, 0.3) is 33.9 Å². The normalized spacial score (nSPS) is 12.9. The first-order valence-corrected chi connectivity index (χ1v) is 13.0. The molecule has 0 saturated carbocycles. The molecule has 1 aliphatic rings. The van der Waals surface area contributed by atoms with Crippen molar-refractivity contribution in [1.29, 1.82) is 0 Å². The molecule has 1 aliphatic heterocycles. The number of nitrogens with zero attached hydrogens (tertiary/aromatic N) is 4. The summed E-state index contributed by atoms with van der Waals surface area (Å²) in [6.45, 7) is 6.38. The van der Waals surface area contributed by atoms with Crippen molar-refractivity contribution in [1.82, 2.24) is 19.7 Å². The van der Waals surface area contributed by atoms with Gasteiger partial charge in [-0.2, -0.15) is 5.10 Å². The van der Waals surface area contributed by atoms with Crippen molar-refractivity contribution in [3.05, 3.63) is 99.6 Å². The van der Waals surface area contributed by atoms with Gasteiger partial charge in [0, 0.05) is 35.1 Å². The van der Waals surface area contributed by atoms with Crippen LogP contribution in [0.4, 0.5) is 14.6 Å². The second kappa shape index (κ2) is 9.40. The Morgan fingerprint density at radius 3 is 2.53 bits per heavy atom. The third-order valence-electron chi connectivity index (χ3n) is 7.15. The first-order valence-electron chi connectivity index (χ1n) is 12.7. The maximum atomic E-state index is 14.9. The lowest BCUT2D eigenvalue weighted by Crippen LogP contribution is -2.21. The molecule has 0 fully saturated rings. The van der Waals surface area contributed by atoms with E-state index >= 15 is 0 Å². The zero-order valence-electron chi connectivity index (χ0n) is 21.3. The minimum atomic E-state index is -0.394. The maximum absolute atomic E-state index is 14.9. The number of benzene rings is 2. The van der Waals surface area contributed by atoms with Crippen LogP contribution >= 0.6 is 11.6 Å². The molecule has 38 heavy (non-hydrogen) atoms. The molecule has 2 aromatic carbocycles. The molecule has 8 heteroatoms. The number of aromatic amines is 1. The summed E-state index contributed by atoms with van der Waals surface area (Å²) in [7, 11) is 0. The Morgan fingerprint density at radius 2 is 1.82 bits per heavy atom. The fourth-order valence-corrected chi connectivity index (χ4v) is 5.57. The summed E-state index contributed by atoms with van der Waals surface area (Å²) in [5.74, 6) is -0.538. The lowest BCUT2D eigenvalue weighted by molar-refractivity contribution is 0.615. The Bertz CT molecular complexity index is 1710. The van der Waals surface area contributed by atoms with E-state index in [4.69, 9.17) is 16.7 Å². The van der Waals surface area contributed by atoms with Crippen molar-refractivity contribution in [3.8, 4) is 16.9 Å². The summed E-state index contributed by atoms with van der Waals surface area (Å²) in [6, 6.07) is 10.9. The number of rotatable bonds is 5. The minimum Gasteiger partial charge on any atom is -0.357 e. The van der Waals surface area contributed by atoms with Crippen LogP contribution < -0.4 is 4.90 Å². The average Bonchev–Trinajstić information content (AvgIpc) is 3.49. The summed E-state index contributed by atoms with van der Waals surface area (Å²) >= 11 is 6.61. The van der Waals surface area contributed by atoms with E-state index in [-0.39, 0.29) is 11.6 Å². The SMILES string of the molecule is CCc1cccc(CC)c1-n1nc2c(c1-c1ccc(F)c3[nH]cc(Cl)c13)CN(c1ncc(C)cc1F)C=C2. The number of hydrogen-bond acceptors (Lipinski definition) is 3. The molecule has 4 heterocycles. The average molecular weight is 530 g/mol. The first-order chi connectivity index (χ1) is 18.4. The number of pyridine rings is 1. The van der Waals surface area contributed by atoms with E-state index in [0.717, 1.165) is 57.7 Å². The topological polar surface area (TPSA) is 49.7 Å². The number of hydrogen-bond donors (Lipinski definition) is 1. The van der Waals surface area contributed by atoms with Crippen LogP contribution in [0, 0.1) is 18.6 Å². The molecule has 5 nitrogen and oxygen atoms in total. The molecule has 0 bridgehead atoms. The van der Waals surface area contributed by atoms with Gasteiger partial charge in [0.15, 0.2) is 11.6 Å². The molecule has 0 spiro atoms. The zero-order valence-corrected chi connectivity index (χ0v) is 22.1. The van der Waals surface area contributed by atoms with Crippen LogP contribution in [0.15, 0.2) is 55.0 Å². The summed E-state index contributed by atoms with van der Waals surface area (Å²) in [4.78, 5) is 9.11. The highest BCUT2D eigenvalue weighted by molar-refractivity contribution is 6.36. The molecule has 0 atom stereocenters. The van der Waals surface area contributed by atoms with Gasteiger partial charge in [-0.05, 0) is 60.7 Å². The molecular weight excluding hydrogens is 504 g/mol. The van der Waals surface area contributed by atoms with Gasteiger partial charge in [0.2, 0.25) is 0 Å². The van der Waals surface area contributed by atoms with Crippen LogP contribution in [0.1, 0.15) is 41.8 Å². The highest BCUT2D eigenvalue weighted by Crippen LogP contribution is 2.41. The predicted molar refractivity (Wildman–Crippen MR) is 149 cm³/mol. The smallest absolute Gasteiger partial charge is 0.169 e. The zero-order chi connectivity index (χ0) is 26.6. The second-order valence-corrected chi connectivity index (χ2v) is 9.91. The first kappa shape index (κ1) is 24.4. The number of aromatic nitrogens is 4. The minimum absolute atomic E-state index is 0.239. The van der Waals surface area contributed by atoms with Crippen molar-refractivity contribution in [2.24, 2.45) is 0 Å². The Morgan fingerprint density at radius 1 is 1.05 bits per heavy atom. The number of para-hydroxylation sites is 1. The van der Waals surface area contributed by atoms with Crippen LogP contribution in [0.3, 0.4) is 0 Å². The maximum Gasteiger partial charge on any atom is 0.169 e. The Labute approximate surface area is 224 Å². The lowest BCUT2D eigenvalue weighted by Gasteiger charge is -2.24. The van der Waals surface area contributed by atoms with Gasteiger partial charge in [-0.25, -0.2) is 18.4 Å². The van der Waals surface area contributed by atoms with Crippen molar-refractivity contribution in [3.63, 3.8) is 0 Å². The summed E-state index contributed by atoms with van der Waals surface area (Å²) in [5.41, 5.74) is 7.58. The van der Waals surface area contributed by atoms with Crippen molar-refractivity contribution < 1.29 is 8.78 Å². The van der Waals surface area contributed by atoms with Gasteiger partial charge in [0.25, 0.3) is 0 Å². The molecule has 6 rings (SSSR count). The quantitative estimate of drug-likeness (QED) is 0.253. The standard InChI is InChI=1S/C30H26ClF2N5/c1-4-18-7-6-8-19(5-2)28(18)38-29(20-9-10-23(32)27-26(20)22(31)15-34-27)21-16-37(12-11-25(21)36-38)30-24(33)13-17(3)14-35-30/h6-15,34H,4-5,16H2,1-3H3. The fourth-order valence-electron chi connectivity index (χ4n) is 5.32. The van der Waals surface area contributed by atoms with E-state index in [0.29, 0.717) is 22.5 Å². The predicted octanol–water partition coefficient (Wildman–Crippen LogP) is 7.77. The van der Waals surface area contributed by atoms with Crippen LogP contribution in [-0.2, 0) is 19.4 Å². The summed E-state index contributed by atoms with van der Waals surface area (Å²) in [5, 5.41) is 6.07. The van der Waals surface area contributed by atoms with E-state index in [2.05, 4.69) is 42.0 Å². The second-order valence-electron chi connectivity index (χ2n) is 9.50. The van der Waals surface area contributed by atoms with Gasteiger partial charge in [-0.15, -0.1) is 0 Å². The molecule has 3 aromatic heterocycles. The molecular formula is C30H26ClF2N5. The number of aryl methyl sites for hydroxylation is 3. The molecule has 0 radical (unpaired) electrons. The third-order valence-corrected chi connectivity index (χ3v) is 7.45. The Balaban J connectivity index is 1.65. The molecule has 192 valence electrons. The van der Waals surface area contributed by atoms with Crippen LogP contribution in [0.5, 0.6) is 0 Å². The van der Waals surface area contributed by atoms with Gasteiger partial charge in [-0.1, -0.05) is 43.6 Å². The fraction of sp³-hybridized carbons (Fsp3) is 0.200. The number of anilines is 1. The van der Waals surface area contributed by atoms with E-state index in [9.17, 15) is 8.78 Å². The van der Waals surface area contributed by atoms with Gasteiger partial charge in [0.1, 0.15) is 5.82 Å². The van der Waals surface area contributed by atoms with Crippen molar-refractivity contribution in [2.75, 3.05) is 4.90 Å². The summed E-state index contributed by atoms with van der Waals surface area (Å²) in [6.07, 6.45) is 8.57. The van der Waals surface area contributed by atoms with E-state index in [1.807, 2.05) is 17.7 Å². The monoisotopic (exact) mass is 529 g/mol. The molecule has 1 N–H and O–H groups in total. The van der Waals surface area contributed by atoms with Gasteiger partial charge in [0.05, 0.1) is 34.2 Å². The van der Waals surface area contributed by atoms with Crippen molar-refractivity contribution >= 4 is 34.4 Å². The third kappa shape index (κ3) is 3.80. The largest absolute Gasteiger partial charge is 0.357 e. The van der Waals surface area contributed by atoms with Crippen molar-refractivity contribution in [2.45, 2.75) is 40.2 Å². The Hall–Kier alpha value is -3.97. The van der Waals surface area contributed by atoms with Gasteiger partial charge in [-0.3, -0.25) is 0 Å². The van der Waals surface area contributed by atoms with E-state index < -0.39 is 5.82 Å². The molecule has 0 unspecified atom stereocenters. The molecule has 0 amide bonds. The van der Waals surface area contributed by atoms with E-state index in [1.54, 1.807) is 29.6 Å². The number of nitrogens with one attached hydrogen (secondary N) is 1. The highest BCUT2D eigenvalue weighted by Gasteiger charge is 2.29. The number of fused-ring (bicyclic) bond motifs is 2. The molecule has 0 aliphatic carbocycles. The van der Waals surface area contributed by atoms with Gasteiger partial charge < -0.3 is 9.88 Å². The summed E-state index contributed by atoms with van der Waals surface area (Å²) < 4.78 is 31.7. The van der Waals surface area contributed by atoms with Crippen LogP contribution in [0.2, 0.25) is 5.02 Å². The lowest BCUT2D eigenvalue weighted by atomic mass is 9.98. The number of H-pyrrole nitrogens is 1. The van der Waals surface area contributed by atoms with Gasteiger partial charge >= 0.3 is 0 Å². The molecule has 0 saturated heterocycles. The Kier molecular flexibility index (Phi) is 6.03. The highest BCUT2D eigenvalue weighted by atomic mass is 35.5. The van der Waals surface area contributed by atoms with E-state index in [1.165, 1.54) is 12.1 Å². The molecule has 5 aromatic rings.